The van der Waals surface area contributed by atoms with Crippen molar-refractivity contribution >= 4 is 23.4 Å². The highest BCUT2D eigenvalue weighted by molar-refractivity contribution is 7.99. The van der Waals surface area contributed by atoms with Crippen LogP contribution in [0.15, 0.2) is 53.4 Å². The summed E-state index contributed by atoms with van der Waals surface area (Å²) in [6.45, 7) is 4.12. The molecule has 100 valence electrons. The summed E-state index contributed by atoms with van der Waals surface area (Å²) in [5, 5.41) is 0.945. The second-order valence-electron chi connectivity index (χ2n) is 4.74. The summed E-state index contributed by atoms with van der Waals surface area (Å²) in [7, 11) is 0. The molecule has 0 aliphatic carbocycles. The smallest absolute Gasteiger partial charge is 0.0507 e. The second-order valence-corrected chi connectivity index (χ2v) is 6.36. The minimum atomic E-state index is 0.0328. The zero-order valence-electron chi connectivity index (χ0n) is 11.1. The van der Waals surface area contributed by atoms with Gasteiger partial charge in [-0.25, -0.2) is 0 Å². The molecule has 2 atom stereocenters. The summed E-state index contributed by atoms with van der Waals surface area (Å²) in [5.41, 5.74) is 8.50. The maximum absolute atomic E-state index is 6.29. The van der Waals surface area contributed by atoms with Crippen LogP contribution in [0.4, 0.5) is 0 Å². The van der Waals surface area contributed by atoms with Gasteiger partial charge in [-0.1, -0.05) is 47.5 Å². The monoisotopic (exact) mass is 291 g/mol. The average molecular weight is 292 g/mol. The van der Waals surface area contributed by atoms with Crippen LogP contribution in [0, 0.1) is 6.92 Å². The number of hydrogen-bond donors (Lipinski definition) is 1. The van der Waals surface area contributed by atoms with E-state index in [9.17, 15) is 0 Å². The first kappa shape index (κ1) is 14.4. The third kappa shape index (κ3) is 3.75. The largest absolute Gasteiger partial charge is 0.327 e. The third-order valence-corrected chi connectivity index (χ3v) is 4.75. The Kier molecular flexibility index (Phi) is 4.92. The van der Waals surface area contributed by atoms with E-state index in [0.717, 1.165) is 10.6 Å². The maximum Gasteiger partial charge on any atom is 0.0507 e. The molecule has 0 heterocycles. The molecule has 3 heteroatoms. The first-order valence-electron chi connectivity index (χ1n) is 6.31. The van der Waals surface area contributed by atoms with Gasteiger partial charge < -0.3 is 5.73 Å². The van der Waals surface area contributed by atoms with E-state index in [1.807, 2.05) is 25.1 Å². The van der Waals surface area contributed by atoms with E-state index in [-0.39, 0.29) is 11.3 Å². The molecule has 1 nitrogen and oxygen atoms in total. The molecule has 2 rings (SSSR count). The lowest BCUT2D eigenvalue weighted by molar-refractivity contribution is 0.721. The van der Waals surface area contributed by atoms with Crippen molar-refractivity contribution in [2.45, 2.75) is 30.0 Å². The zero-order chi connectivity index (χ0) is 13.8. The summed E-state index contributed by atoms with van der Waals surface area (Å²) in [6, 6.07) is 16.4. The average Bonchev–Trinajstić information content (AvgIpc) is 2.37. The topological polar surface area (TPSA) is 26.0 Å². The quantitative estimate of drug-likeness (QED) is 0.817. The minimum absolute atomic E-state index is 0.0328. The number of aryl methyl sites for hydroxylation is 1. The number of nitrogens with two attached hydrogens (primary N) is 1. The summed E-state index contributed by atoms with van der Waals surface area (Å²) in [5.74, 6) is 0. The second kappa shape index (κ2) is 6.47. The Bertz CT molecular complexity index is 554. The lowest BCUT2D eigenvalue weighted by Gasteiger charge is -2.22. The van der Waals surface area contributed by atoms with Crippen LogP contribution in [0.25, 0.3) is 0 Å². The van der Waals surface area contributed by atoms with Gasteiger partial charge in [-0.15, -0.1) is 11.8 Å². The number of benzene rings is 2. The molecule has 2 aromatic carbocycles. The summed E-state index contributed by atoms with van der Waals surface area (Å²) in [6.07, 6.45) is 0. The van der Waals surface area contributed by atoms with Crippen LogP contribution in [-0.4, -0.2) is 6.04 Å². The summed E-state index contributed by atoms with van der Waals surface area (Å²) in [4.78, 5) is 1.22. The van der Waals surface area contributed by atoms with Gasteiger partial charge in [0.2, 0.25) is 0 Å². The van der Waals surface area contributed by atoms with Crippen molar-refractivity contribution in [2.75, 3.05) is 0 Å². The van der Waals surface area contributed by atoms with Crippen LogP contribution in [0.5, 0.6) is 0 Å². The van der Waals surface area contributed by atoms with Crippen molar-refractivity contribution in [2.24, 2.45) is 5.73 Å². The first-order chi connectivity index (χ1) is 9.08. The van der Waals surface area contributed by atoms with Gasteiger partial charge in [-0.3, -0.25) is 0 Å². The Morgan fingerprint density at radius 2 is 1.84 bits per heavy atom. The van der Waals surface area contributed by atoms with E-state index in [4.69, 9.17) is 17.3 Å². The van der Waals surface area contributed by atoms with Crippen LogP contribution in [0.2, 0.25) is 5.02 Å². The Hall–Kier alpha value is -0.960. The van der Waals surface area contributed by atoms with E-state index in [0.29, 0.717) is 0 Å². The lowest BCUT2D eigenvalue weighted by Crippen LogP contribution is -2.22. The summed E-state index contributed by atoms with van der Waals surface area (Å²) >= 11 is 8.06. The number of halogens is 1. The molecule has 0 saturated carbocycles. The van der Waals surface area contributed by atoms with Crippen molar-refractivity contribution < 1.29 is 0 Å². The molecular formula is C16H18ClNS. The lowest BCUT2D eigenvalue weighted by atomic mass is 10.1. The Balaban J connectivity index is 2.29. The number of thioether (sulfide) groups is 1. The van der Waals surface area contributed by atoms with E-state index < -0.39 is 0 Å². The predicted octanol–water partition coefficient (Wildman–Crippen LogP) is 4.83. The predicted molar refractivity (Wildman–Crippen MR) is 84.9 cm³/mol. The van der Waals surface area contributed by atoms with Crippen molar-refractivity contribution in [3.8, 4) is 0 Å². The molecule has 0 aliphatic heterocycles. The van der Waals surface area contributed by atoms with Crippen molar-refractivity contribution in [1.29, 1.82) is 0 Å². The van der Waals surface area contributed by atoms with Gasteiger partial charge in [0.1, 0.15) is 0 Å². The highest BCUT2D eigenvalue weighted by Gasteiger charge is 2.20. The molecule has 0 amide bonds. The van der Waals surface area contributed by atoms with Crippen LogP contribution in [-0.2, 0) is 0 Å². The molecule has 0 aromatic heterocycles. The van der Waals surface area contributed by atoms with E-state index >= 15 is 0 Å². The van der Waals surface area contributed by atoms with E-state index in [1.54, 1.807) is 11.8 Å². The molecule has 0 aliphatic rings. The molecule has 0 spiro atoms. The van der Waals surface area contributed by atoms with Crippen LogP contribution in [0.1, 0.15) is 23.3 Å². The van der Waals surface area contributed by atoms with Gasteiger partial charge in [-0.2, -0.15) is 0 Å². The van der Waals surface area contributed by atoms with Crippen molar-refractivity contribution in [3.05, 3.63) is 64.7 Å². The molecule has 0 radical (unpaired) electrons. The fourth-order valence-corrected chi connectivity index (χ4v) is 3.56. The normalized spacial score (nSPS) is 14.1. The maximum atomic E-state index is 6.29. The Morgan fingerprint density at radius 1 is 1.11 bits per heavy atom. The molecule has 0 fully saturated rings. The highest BCUT2D eigenvalue weighted by atomic mass is 35.5. The minimum Gasteiger partial charge on any atom is -0.327 e. The fourth-order valence-electron chi connectivity index (χ4n) is 2.00. The van der Waals surface area contributed by atoms with Gasteiger partial charge >= 0.3 is 0 Å². The summed E-state index contributed by atoms with van der Waals surface area (Å²) < 4.78 is 0. The first-order valence-corrected chi connectivity index (χ1v) is 7.57. The van der Waals surface area contributed by atoms with Gasteiger partial charge in [-0.05, 0) is 37.6 Å². The van der Waals surface area contributed by atoms with Crippen molar-refractivity contribution in [3.63, 3.8) is 0 Å². The number of rotatable bonds is 4. The highest BCUT2D eigenvalue weighted by Crippen LogP contribution is 2.40. The number of hydrogen-bond acceptors (Lipinski definition) is 2. The molecule has 2 unspecified atom stereocenters. The zero-order valence-corrected chi connectivity index (χ0v) is 12.7. The van der Waals surface area contributed by atoms with Crippen molar-refractivity contribution in [1.82, 2.24) is 0 Å². The third-order valence-electron chi connectivity index (χ3n) is 2.94. The Morgan fingerprint density at radius 3 is 2.47 bits per heavy atom. The van der Waals surface area contributed by atoms with Gasteiger partial charge in [0.25, 0.3) is 0 Å². The standard InChI is InChI=1S/C16H18ClNS/c1-11-6-5-7-13(10-11)19-16(12(2)18)14-8-3-4-9-15(14)17/h3-10,12,16H,18H2,1-2H3. The molecule has 2 N–H and O–H groups in total. The Labute approximate surface area is 124 Å². The molecular weight excluding hydrogens is 274 g/mol. The molecule has 2 aromatic rings. The van der Waals surface area contributed by atoms with Gasteiger partial charge in [0.05, 0.1) is 5.25 Å². The fraction of sp³-hybridized carbons (Fsp3) is 0.250. The molecule has 0 bridgehead atoms. The van der Waals surface area contributed by atoms with Gasteiger partial charge in [0, 0.05) is 16.0 Å². The van der Waals surface area contributed by atoms with E-state index in [1.165, 1.54) is 10.5 Å². The van der Waals surface area contributed by atoms with Crippen LogP contribution >= 0.6 is 23.4 Å². The van der Waals surface area contributed by atoms with Crippen LogP contribution in [0.3, 0.4) is 0 Å². The van der Waals surface area contributed by atoms with Crippen LogP contribution < -0.4 is 5.73 Å². The molecule has 0 saturated heterocycles. The SMILES string of the molecule is Cc1cccc(SC(c2ccccc2Cl)C(C)N)c1. The van der Waals surface area contributed by atoms with E-state index in [2.05, 4.69) is 37.3 Å². The van der Waals surface area contributed by atoms with Gasteiger partial charge in [0.15, 0.2) is 0 Å². The molecule has 19 heavy (non-hydrogen) atoms.